The molecule has 1 atom stereocenters. The molecule has 0 aromatic carbocycles. The van der Waals surface area contributed by atoms with Gasteiger partial charge in [0.25, 0.3) is 0 Å². The highest BCUT2D eigenvalue weighted by Gasteiger charge is 2.13. The van der Waals surface area contributed by atoms with Gasteiger partial charge >= 0.3 is 5.97 Å². The Hall–Kier alpha value is -1.16. The standard InChI is InChI=1S/C18H29ClN2O2/c1-3-4-5-6-7-8-9-10-11-12-15(2)23-18(22)16-13-21-17(19)14-20-16/h13-15H,3-12H2,1-2H3/t15-/m0/s1. The van der Waals surface area contributed by atoms with Gasteiger partial charge in [-0.1, -0.05) is 69.9 Å². The number of rotatable bonds is 12. The maximum atomic E-state index is 11.9. The third kappa shape index (κ3) is 9.54. The number of ether oxygens (including phenoxy) is 1. The first-order valence-corrected chi connectivity index (χ1v) is 9.19. The molecule has 0 N–H and O–H groups in total. The Morgan fingerprint density at radius 1 is 1.04 bits per heavy atom. The first kappa shape index (κ1) is 19.9. The molecule has 0 fully saturated rings. The Morgan fingerprint density at radius 3 is 2.22 bits per heavy atom. The summed E-state index contributed by atoms with van der Waals surface area (Å²) in [6.45, 7) is 4.17. The van der Waals surface area contributed by atoms with E-state index in [1.165, 1.54) is 63.8 Å². The molecular weight excluding hydrogens is 312 g/mol. The number of carbonyl (C=O) groups excluding carboxylic acids is 1. The minimum Gasteiger partial charge on any atom is -0.458 e. The lowest BCUT2D eigenvalue weighted by Gasteiger charge is -2.12. The van der Waals surface area contributed by atoms with E-state index in [-0.39, 0.29) is 17.0 Å². The van der Waals surface area contributed by atoms with Crippen molar-refractivity contribution in [3.05, 3.63) is 23.2 Å². The van der Waals surface area contributed by atoms with Crippen LogP contribution in [0.4, 0.5) is 0 Å². The molecule has 5 heteroatoms. The van der Waals surface area contributed by atoms with Crippen molar-refractivity contribution in [2.45, 2.75) is 84.2 Å². The third-order valence-corrected chi connectivity index (χ3v) is 4.05. The molecule has 1 aromatic rings. The van der Waals surface area contributed by atoms with Crippen molar-refractivity contribution in [2.75, 3.05) is 0 Å². The van der Waals surface area contributed by atoms with E-state index >= 15 is 0 Å². The molecule has 0 radical (unpaired) electrons. The zero-order valence-electron chi connectivity index (χ0n) is 14.4. The Morgan fingerprint density at radius 2 is 1.65 bits per heavy atom. The molecule has 23 heavy (non-hydrogen) atoms. The smallest absolute Gasteiger partial charge is 0.358 e. The summed E-state index contributed by atoms with van der Waals surface area (Å²) in [6, 6.07) is 0. The van der Waals surface area contributed by atoms with Gasteiger partial charge in [0, 0.05) is 0 Å². The molecule has 0 saturated heterocycles. The second-order valence-electron chi connectivity index (χ2n) is 6.06. The van der Waals surface area contributed by atoms with Crippen LogP contribution >= 0.6 is 11.6 Å². The van der Waals surface area contributed by atoms with Crippen LogP contribution in [0.1, 0.15) is 88.5 Å². The van der Waals surface area contributed by atoms with Gasteiger partial charge in [-0.05, 0) is 19.8 Å². The fourth-order valence-corrected chi connectivity index (χ4v) is 2.56. The highest BCUT2D eigenvalue weighted by Crippen LogP contribution is 2.13. The second kappa shape index (κ2) is 12.3. The molecule has 1 aromatic heterocycles. The number of carbonyl (C=O) groups is 1. The normalized spacial score (nSPS) is 12.1. The van der Waals surface area contributed by atoms with E-state index in [9.17, 15) is 4.79 Å². The molecule has 1 rings (SSSR count). The fraction of sp³-hybridized carbons (Fsp3) is 0.722. The minimum absolute atomic E-state index is 0.0930. The largest absolute Gasteiger partial charge is 0.458 e. The summed E-state index contributed by atoms with van der Waals surface area (Å²) >= 11 is 5.64. The first-order chi connectivity index (χ1) is 11.1. The number of unbranched alkanes of at least 4 members (excludes halogenated alkanes) is 8. The monoisotopic (exact) mass is 340 g/mol. The predicted octanol–water partition coefficient (Wildman–Crippen LogP) is 5.60. The van der Waals surface area contributed by atoms with Crippen molar-refractivity contribution in [3.8, 4) is 0 Å². The predicted molar refractivity (Wildman–Crippen MR) is 93.8 cm³/mol. The number of esters is 1. The van der Waals surface area contributed by atoms with Crippen LogP contribution in [0.5, 0.6) is 0 Å². The number of hydrogen-bond acceptors (Lipinski definition) is 4. The number of nitrogens with zero attached hydrogens (tertiary/aromatic N) is 2. The van der Waals surface area contributed by atoms with Crippen molar-refractivity contribution < 1.29 is 9.53 Å². The molecule has 0 amide bonds. The molecule has 0 spiro atoms. The van der Waals surface area contributed by atoms with Crippen LogP contribution in [-0.4, -0.2) is 22.0 Å². The maximum Gasteiger partial charge on any atom is 0.358 e. The van der Waals surface area contributed by atoms with Gasteiger partial charge in [-0.25, -0.2) is 14.8 Å². The SMILES string of the molecule is CCCCCCCCCCC[C@H](C)OC(=O)c1cnc(Cl)cn1. The van der Waals surface area contributed by atoms with E-state index in [0.29, 0.717) is 0 Å². The highest BCUT2D eigenvalue weighted by molar-refractivity contribution is 6.29. The van der Waals surface area contributed by atoms with Crippen LogP contribution in [0.3, 0.4) is 0 Å². The minimum atomic E-state index is -0.433. The van der Waals surface area contributed by atoms with Crippen molar-refractivity contribution in [1.29, 1.82) is 0 Å². The van der Waals surface area contributed by atoms with E-state index in [4.69, 9.17) is 16.3 Å². The molecule has 0 aliphatic rings. The van der Waals surface area contributed by atoms with Crippen LogP contribution < -0.4 is 0 Å². The van der Waals surface area contributed by atoms with E-state index in [1.54, 1.807) is 0 Å². The average molecular weight is 341 g/mol. The van der Waals surface area contributed by atoms with Crippen molar-refractivity contribution in [1.82, 2.24) is 9.97 Å². The van der Waals surface area contributed by atoms with Crippen molar-refractivity contribution >= 4 is 17.6 Å². The summed E-state index contributed by atoms with van der Waals surface area (Å²) in [7, 11) is 0. The topological polar surface area (TPSA) is 52.1 Å². The lowest BCUT2D eigenvalue weighted by Crippen LogP contribution is -2.16. The number of halogens is 1. The fourth-order valence-electron chi connectivity index (χ4n) is 2.46. The van der Waals surface area contributed by atoms with Crippen LogP contribution in [-0.2, 0) is 4.74 Å². The Kier molecular flexibility index (Phi) is 10.6. The van der Waals surface area contributed by atoms with Crippen LogP contribution in [0.25, 0.3) is 0 Å². The van der Waals surface area contributed by atoms with Gasteiger partial charge in [0.05, 0.1) is 18.5 Å². The Labute approximate surface area is 145 Å². The second-order valence-corrected chi connectivity index (χ2v) is 6.44. The third-order valence-electron chi connectivity index (χ3n) is 3.85. The summed E-state index contributed by atoms with van der Waals surface area (Å²) in [6.07, 6.45) is 15.1. The molecule has 0 aliphatic carbocycles. The van der Waals surface area contributed by atoms with E-state index in [2.05, 4.69) is 16.9 Å². The van der Waals surface area contributed by atoms with Crippen molar-refractivity contribution in [2.24, 2.45) is 0 Å². The Balaban J connectivity index is 2.04. The number of aromatic nitrogens is 2. The van der Waals surface area contributed by atoms with Crippen molar-refractivity contribution in [3.63, 3.8) is 0 Å². The van der Waals surface area contributed by atoms with Gasteiger partial charge in [-0.3, -0.25) is 0 Å². The molecule has 0 unspecified atom stereocenters. The van der Waals surface area contributed by atoms with E-state index in [1.807, 2.05) is 6.92 Å². The zero-order valence-corrected chi connectivity index (χ0v) is 15.1. The molecule has 0 saturated carbocycles. The quantitative estimate of drug-likeness (QED) is 0.367. The van der Waals surface area contributed by atoms with E-state index < -0.39 is 5.97 Å². The van der Waals surface area contributed by atoms with Gasteiger partial charge in [0.1, 0.15) is 5.15 Å². The van der Waals surface area contributed by atoms with Gasteiger partial charge in [-0.2, -0.15) is 0 Å². The van der Waals surface area contributed by atoms with Gasteiger partial charge in [-0.15, -0.1) is 0 Å². The summed E-state index contributed by atoms with van der Waals surface area (Å²) in [4.78, 5) is 19.6. The summed E-state index contributed by atoms with van der Waals surface area (Å²) < 4.78 is 5.36. The molecule has 0 bridgehead atoms. The van der Waals surface area contributed by atoms with Crippen LogP contribution in [0.15, 0.2) is 12.4 Å². The summed E-state index contributed by atoms with van der Waals surface area (Å²) in [5.41, 5.74) is 0.202. The molecule has 130 valence electrons. The first-order valence-electron chi connectivity index (χ1n) is 8.82. The lowest BCUT2D eigenvalue weighted by atomic mass is 10.1. The van der Waals surface area contributed by atoms with Gasteiger partial charge in [0.15, 0.2) is 5.69 Å². The molecular formula is C18H29ClN2O2. The van der Waals surface area contributed by atoms with Gasteiger partial charge < -0.3 is 4.74 Å². The van der Waals surface area contributed by atoms with Crippen LogP contribution in [0.2, 0.25) is 5.15 Å². The number of hydrogen-bond donors (Lipinski definition) is 0. The average Bonchev–Trinajstić information content (AvgIpc) is 2.54. The Bertz CT molecular complexity index is 437. The van der Waals surface area contributed by atoms with Crippen LogP contribution in [0, 0.1) is 0 Å². The summed E-state index contributed by atoms with van der Waals surface area (Å²) in [5, 5.41) is 0.268. The maximum absolute atomic E-state index is 11.9. The highest BCUT2D eigenvalue weighted by atomic mass is 35.5. The van der Waals surface area contributed by atoms with Gasteiger partial charge in [0.2, 0.25) is 0 Å². The molecule has 4 nitrogen and oxygen atoms in total. The molecule has 0 aliphatic heterocycles. The van der Waals surface area contributed by atoms with E-state index in [0.717, 1.165) is 12.8 Å². The lowest BCUT2D eigenvalue weighted by molar-refractivity contribution is 0.0312. The summed E-state index contributed by atoms with van der Waals surface area (Å²) in [5.74, 6) is -0.433. The molecule has 1 heterocycles. The zero-order chi connectivity index (χ0) is 16.9.